The van der Waals surface area contributed by atoms with E-state index in [1.54, 1.807) is 12.5 Å². The third-order valence-corrected chi connectivity index (χ3v) is 4.36. The van der Waals surface area contributed by atoms with Gasteiger partial charge in [-0.25, -0.2) is 9.97 Å². The van der Waals surface area contributed by atoms with E-state index in [0.29, 0.717) is 13.1 Å². The third kappa shape index (κ3) is 2.58. The first-order chi connectivity index (χ1) is 11.7. The number of aromatic nitrogens is 4. The monoisotopic (exact) mass is 322 g/mol. The highest BCUT2D eigenvalue weighted by Crippen LogP contribution is 2.22. The first kappa shape index (κ1) is 14.6. The van der Waals surface area contributed by atoms with Gasteiger partial charge in [0, 0.05) is 31.7 Å². The maximum Gasteiger partial charge on any atom is 0.253 e. The molecule has 2 aromatic heterocycles. The molecule has 0 spiro atoms. The SMILES string of the molecule is Cc1cccc(C(=O)N2CCN(c3ncnc4[nH]ncc34)CC2)c1. The molecule has 3 aromatic rings. The highest BCUT2D eigenvalue weighted by atomic mass is 16.2. The second kappa shape index (κ2) is 5.92. The lowest BCUT2D eigenvalue weighted by Gasteiger charge is -2.35. The van der Waals surface area contributed by atoms with Gasteiger partial charge in [-0.05, 0) is 19.1 Å². The number of hydrogen-bond donors (Lipinski definition) is 1. The van der Waals surface area contributed by atoms with Gasteiger partial charge in [-0.15, -0.1) is 0 Å². The summed E-state index contributed by atoms with van der Waals surface area (Å²) in [5.41, 5.74) is 2.59. The molecule has 122 valence electrons. The average molecular weight is 322 g/mol. The van der Waals surface area contributed by atoms with Gasteiger partial charge < -0.3 is 9.80 Å². The van der Waals surface area contributed by atoms with Crippen LogP contribution in [0.4, 0.5) is 5.82 Å². The van der Waals surface area contributed by atoms with Crippen molar-refractivity contribution in [1.29, 1.82) is 0 Å². The number of H-pyrrole nitrogens is 1. The Balaban J connectivity index is 1.49. The van der Waals surface area contributed by atoms with E-state index in [-0.39, 0.29) is 5.91 Å². The number of hydrogen-bond acceptors (Lipinski definition) is 5. The molecular formula is C17H18N6O. The number of aromatic amines is 1. The fourth-order valence-corrected chi connectivity index (χ4v) is 3.09. The molecule has 0 atom stereocenters. The van der Waals surface area contributed by atoms with Crippen molar-refractivity contribution in [2.45, 2.75) is 6.92 Å². The number of piperazine rings is 1. The molecule has 1 aliphatic heterocycles. The van der Waals surface area contributed by atoms with Crippen molar-refractivity contribution in [3.63, 3.8) is 0 Å². The van der Waals surface area contributed by atoms with Crippen LogP contribution in [-0.4, -0.2) is 57.2 Å². The largest absolute Gasteiger partial charge is 0.352 e. The normalized spacial score (nSPS) is 15.0. The maximum atomic E-state index is 12.6. The summed E-state index contributed by atoms with van der Waals surface area (Å²) in [5.74, 6) is 0.964. The lowest BCUT2D eigenvalue weighted by molar-refractivity contribution is 0.0746. The Morgan fingerprint density at radius 1 is 1.17 bits per heavy atom. The molecule has 1 aromatic carbocycles. The molecule has 7 heteroatoms. The van der Waals surface area contributed by atoms with Crippen LogP contribution in [0.2, 0.25) is 0 Å². The van der Waals surface area contributed by atoms with Crippen molar-refractivity contribution >= 4 is 22.8 Å². The number of carbonyl (C=O) groups is 1. The van der Waals surface area contributed by atoms with Crippen LogP contribution in [0.15, 0.2) is 36.8 Å². The Bertz CT molecular complexity index is 881. The summed E-state index contributed by atoms with van der Waals surface area (Å²) >= 11 is 0. The summed E-state index contributed by atoms with van der Waals surface area (Å²) in [4.78, 5) is 25.3. The number of nitrogens with zero attached hydrogens (tertiary/aromatic N) is 5. The molecule has 0 aliphatic carbocycles. The van der Waals surface area contributed by atoms with Gasteiger partial charge in [0.05, 0.1) is 11.6 Å². The fraction of sp³-hybridized carbons (Fsp3) is 0.294. The van der Waals surface area contributed by atoms with Gasteiger partial charge in [-0.3, -0.25) is 9.89 Å². The summed E-state index contributed by atoms with van der Waals surface area (Å²) in [6.45, 7) is 4.84. The van der Waals surface area contributed by atoms with Gasteiger partial charge in [0.1, 0.15) is 12.1 Å². The molecule has 0 unspecified atom stereocenters. The number of nitrogens with one attached hydrogen (secondary N) is 1. The predicted octanol–water partition coefficient (Wildman–Crippen LogP) is 1.62. The zero-order valence-electron chi connectivity index (χ0n) is 13.4. The molecule has 0 radical (unpaired) electrons. The number of benzene rings is 1. The highest BCUT2D eigenvalue weighted by molar-refractivity contribution is 5.94. The number of carbonyl (C=O) groups excluding carboxylic acids is 1. The predicted molar refractivity (Wildman–Crippen MR) is 91.0 cm³/mol. The van der Waals surface area contributed by atoms with Crippen molar-refractivity contribution in [3.8, 4) is 0 Å². The van der Waals surface area contributed by atoms with E-state index >= 15 is 0 Å². The minimum absolute atomic E-state index is 0.0921. The van der Waals surface area contributed by atoms with Crippen LogP contribution < -0.4 is 4.90 Å². The van der Waals surface area contributed by atoms with Crippen molar-refractivity contribution < 1.29 is 4.79 Å². The molecule has 1 aliphatic rings. The van der Waals surface area contributed by atoms with Crippen molar-refractivity contribution in [2.24, 2.45) is 0 Å². The molecule has 1 amide bonds. The summed E-state index contributed by atoms with van der Waals surface area (Å²) in [7, 11) is 0. The van der Waals surface area contributed by atoms with Gasteiger partial charge in [0.2, 0.25) is 0 Å². The minimum atomic E-state index is 0.0921. The standard InChI is InChI=1S/C17H18N6O/c1-12-3-2-4-13(9-12)17(24)23-7-5-22(6-8-23)16-14-10-20-21-15(14)18-11-19-16/h2-4,9-11H,5-8H2,1H3,(H,18,19,20,21). The molecular weight excluding hydrogens is 304 g/mol. The van der Waals surface area contributed by atoms with Gasteiger partial charge in [-0.1, -0.05) is 17.7 Å². The molecule has 0 saturated carbocycles. The van der Waals surface area contributed by atoms with Crippen LogP contribution in [0, 0.1) is 6.92 Å². The molecule has 1 fully saturated rings. The topological polar surface area (TPSA) is 78.0 Å². The summed E-state index contributed by atoms with van der Waals surface area (Å²) in [5, 5.41) is 7.80. The van der Waals surface area contributed by atoms with Crippen LogP contribution in [0.1, 0.15) is 15.9 Å². The quantitative estimate of drug-likeness (QED) is 0.776. The van der Waals surface area contributed by atoms with E-state index in [0.717, 1.165) is 41.1 Å². The number of fused-ring (bicyclic) bond motifs is 1. The Labute approximate surface area is 139 Å². The first-order valence-corrected chi connectivity index (χ1v) is 7.97. The lowest BCUT2D eigenvalue weighted by atomic mass is 10.1. The van der Waals surface area contributed by atoms with Gasteiger partial charge in [0.15, 0.2) is 5.65 Å². The number of rotatable bonds is 2. The van der Waals surface area contributed by atoms with E-state index in [4.69, 9.17) is 0 Å². The first-order valence-electron chi connectivity index (χ1n) is 7.97. The Kier molecular flexibility index (Phi) is 3.60. The van der Waals surface area contributed by atoms with Gasteiger partial charge in [-0.2, -0.15) is 5.10 Å². The third-order valence-electron chi connectivity index (χ3n) is 4.36. The molecule has 1 saturated heterocycles. The Morgan fingerprint density at radius 3 is 2.79 bits per heavy atom. The smallest absolute Gasteiger partial charge is 0.253 e. The summed E-state index contributed by atoms with van der Waals surface area (Å²) in [6, 6.07) is 7.74. The fourth-order valence-electron chi connectivity index (χ4n) is 3.09. The Morgan fingerprint density at radius 2 is 2.00 bits per heavy atom. The molecule has 0 bridgehead atoms. The van der Waals surface area contributed by atoms with Crippen molar-refractivity contribution in [2.75, 3.05) is 31.1 Å². The van der Waals surface area contributed by atoms with E-state index < -0.39 is 0 Å². The molecule has 4 rings (SSSR count). The zero-order valence-corrected chi connectivity index (χ0v) is 13.4. The van der Waals surface area contributed by atoms with Gasteiger partial charge in [0.25, 0.3) is 5.91 Å². The van der Waals surface area contributed by atoms with E-state index in [9.17, 15) is 4.79 Å². The van der Waals surface area contributed by atoms with E-state index in [2.05, 4.69) is 25.1 Å². The van der Waals surface area contributed by atoms with Crippen LogP contribution >= 0.6 is 0 Å². The van der Waals surface area contributed by atoms with Crippen molar-refractivity contribution in [3.05, 3.63) is 47.9 Å². The summed E-state index contributed by atoms with van der Waals surface area (Å²) < 4.78 is 0. The van der Waals surface area contributed by atoms with Gasteiger partial charge >= 0.3 is 0 Å². The second-order valence-electron chi connectivity index (χ2n) is 5.98. The van der Waals surface area contributed by atoms with Crippen LogP contribution in [-0.2, 0) is 0 Å². The molecule has 1 N–H and O–H groups in total. The maximum absolute atomic E-state index is 12.6. The van der Waals surface area contributed by atoms with Crippen LogP contribution in [0.25, 0.3) is 11.0 Å². The molecule has 24 heavy (non-hydrogen) atoms. The zero-order chi connectivity index (χ0) is 16.5. The van der Waals surface area contributed by atoms with E-state index in [1.165, 1.54) is 0 Å². The molecule has 7 nitrogen and oxygen atoms in total. The summed E-state index contributed by atoms with van der Waals surface area (Å²) in [6.07, 6.45) is 3.29. The lowest BCUT2D eigenvalue weighted by Crippen LogP contribution is -2.49. The number of amides is 1. The van der Waals surface area contributed by atoms with Crippen LogP contribution in [0.5, 0.6) is 0 Å². The average Bonchev–Trinajstić information content (AvgIpc) is 3.10. The number of anilines is 1. The van der Waals surface area contributed by atoms with E-state index in [1.807, 2.05) is 36.1 Å². The molecule has 3 heterocycles. The van der Waals surface area contributed by atoms with Crippen molar-refractivity contribution in [1.82, 2.24) is 25.1 Å². The van der Waals surface area contributed by atoms with Crippen LogP contribution in [0.3, 0.4) is 0 Å². The second-order valence-corrected chi connectivity index (χ2v) is 5.98. The highest BCUT2D eigenvalue weighted by Gasteiger charge is 2.24. The number of aryl methyl sites for hydroxylation is 1. The minimum Gasteiger partial charge on any atom is -0.352 e. The Hall–Kier alpha value is -2.96.